The van der Waals surface area contributed by atoms with Crippen molar-refractivity contribution in [1.82, 2.24) is 0 Å². The highest BCUT2D eigenvalue weighted by atomic mass is 35.5. The molecule has 0 amide bonds. The van der Waals surface area contributed by atoms with Crippen molar-refractivity contribution in [2.75, 3.05) is 0 Å². The Morgan fingerprint density at radius 3 is 2.50 bits per heavy atom. The zero-order chi connectivity index (χ0) is 14.9. The van der Waals surface area contributed by atoms with Crippen molar-refractivity contribution in [2.45, 2.75) is 5.92 Å². The van der Waals surface area contributed by atoms with Crippen LogP contribution in [-0.2, 0) is 0 Å². The number of nitrogens with two attached hydrogens (primary N) is 1. The van der Waals surface area contributed by atoms with Gasteiger partial charge < -0.3 is 15.6 Å². The van der Waals surface area contributed by atoms with Crippen molar-refractivity contribution in [3.63, 3.8) is 0 Å². The molecule has 0 bridgehead atoms. The van der Waals surface area contributed by atoms with Crippen LogP contribution in [-0.4, -0.2) is 5.11 Å². The molecule has 0 aliphatic carbocycles. The van der Waals surface area contributed by atoms with E-state index in [0.717, 1.165) is 0 Å². The summed E-state index contributed by atoms with van der Waals surface area (Å²) in [4.78, 5) is 0. The molecule has 0 aromatic heterocycles. The Balaban J connectivity index is 2.75. The second kappa shape index (κ2) is 5.01. The van der Waals surface area contributed by atoms with Crippen LogP contribution in [0.4, 0.5) is 0 Å². The summed E-state index contributed by atoms with van der Waals surface area (Å²) in [5.74, 6) is -2.57. The summed E-state index contributed by atoms with van der Waals surface area (Å²) in [5.41, 5.74) is 5.87. The zero-order valence-electron chi connectivity index (χ0n) is 9.96. The molecule has 3 N–H and O–H groups in total. The fourth-order valence-electron chi connectivity index (χ4n) is 2.06. The third-order valence-corrected chi connectivity index (χ3v) is 3.14. The van der Waals surface area contributed by atoms with Crippen LogP contribution in [0.3, 0.4) is 0 Å². The second-order valence-corrected chi connectivity index (χ2v) is 4.49. The summed E-state index contributed by atoms with van der Waals surface area (Å²) in [7, 11) is 0. The van der Waals surface area contributed by atoms with Gasteiger partial charge in [-0.2, -0.15) is 15.8 Å². The first-order valence-corrected chi connectivity index (χ1v) is 5.80. The molecule has 0 spiro atoms. The summed E-state index contributed by atoms with van der Waals surface area (Å²) >= 11 is 5.85. The van der Waals surface area contributed by atoms with E-state index in [2.05, 4.69) is 0 Å². The number of rotatable bonds is 1. The van der Waals surface area contributed by atoms with Gasteiger partial charge in [0, 0.05) is 16.7 Å². The number of benzene rings is 1. The lowest BCUT2D eigenvalue weighted by Gasteiger charge is -2.27. The van der Waals surface area contributed by atoms with Crippen molar-refractivity contribution in [2.24, 2.45) is 11.7 Å². The van der Waals surface area contributed by atoms with Gasteiger partial charge >= 0.3 is 0 Å². The standard InChI is InChI=1S/C13H7ClN4O2/c14-7-1-8-11(6(3-15)4-16)9(5-17)13(18)20-12(8)10(19)2-7/h1-2,6,11,19H,18H2. The third kappa shape index (κ3) is 1.97. The number of allylic oxidation sites excluding steroid dienone is 1. The molecule has 1 aliphatic rings. The van der Waals surface area contributed by atoms with Crippen molar-refractivity contribution in [1.29, 1.82) is 15.8 Å². The van der Waals surface area contributed by atoms with E-state index in [1.54, 1.807) is 12.1 Å². The molecule has 98 valence electrons. The predicted molar refractivity (Wildman–Crippen MR) is 68.0 cm³/mol. The van der Waals surface area contributed by atoms with Gasteiger partial charge in [-0.05, 0) is 6.07 Å². The Bertz CT molecular complexity index is 722. The lowest BCUT2D eigenvalue weighted by atomic mass is 9.80. The van der Waals surface area contributed by atoms with Gasteiger partial charge in [0.2, 0.25) is 5.88 Å². The third-order valence-electron chi connectivity index (χ3n) is 2.92. The van der Waals surface area contributed by atoms with E-state index in [4.69, 9.17) is 37.9 Å². The van der Waals surface area contributed by atoms with Crippen molar-refractivity contribution in [3.8, 4) is 29.7 Å². The topological polar surface area (TPSA) is 127 Å². The van der Waals surface area contributed by atoms with E-state index in [9.17, 15) is 5.11 Å². The molecule has 0 saturated carbocycles. The molecular formula is C13H7ClN4O2. The molecule has 1 aromatic carbocycles. The van der Waals surface area contributed by atoms with Crippen LogP contribution in [0.2, 0.25) is 5.02 Å². The first-order chi connectivity index (χ1) is 9.53. The first-order valence-electron chi connectivity index (χ1n) is 5.42. The quantitative estimate of drug-likeness (QED) is 0.811. The summed E-state index contributed by atoms with van der Waals surface area (Å²) in [6.07, 6.45) is 0. The van der Waals surface area contributed by atoms with E-state index in [1.807, 2.05) is 6.07 Å². The number of halogens is 1. The molecule has 2 rings (SSSR count). The number of fused-ring (bicyclic) bond motifs is 1. The molecule has 7 heteroatoms. The van der Waals surface area contributed by atoms with Crippen LogP contribution < -0.4 is 10.5 Å². The molecule has 1 unspecified atom stereocenters. The van der Waals surface area contributed by atoms with Gasteiger partial charge in [-0.15, -0.1) is 0 Å². The first kappa shape index (κ1) is 13.5. The SMILES string of the molecule is N#CC1=C(N)Oc2c(O)cc(Cl)cc2C1C(C#N)C#N. The highest BCUT2D eigenvalue weighted by Crippen LogP contribution is 2.47. The minimum Gasteiger partial charge on any atom is -0.504 e. The monoisotopic (exact) mass is 286 g/mol. The van der Waals surface area contributed by atoms with E-state index in [0.29, 0.717) is 0 Å². The maximum absolute atomic E-state index is 9.82. The summed E-state index contributed by atoms with van der Waals surface area (Å²) in [5, 5.41) is 37.3. The van der Waals surface area contributed by atoms with Crippen LogP contribution in [0.25, 0.3) is 0 Å². The van der Waals surface area contributed by atoms with Gasteiger partial charge in [-0.3, -0.25) is 0 Å². The van der Waals surface area contributed by atoms with Crippen molar-refractivity contribution < 1.29 is 9.84 Å². The number of phenols is 1. The molecule has 0 radical (unpaired) electrons. The minimum absolute atomic E-state index is 0.00593. The van der Waals surface area contributed by atoms with Gasteiger partial charge in [0.1, 0.15) is 12.0 Å². The van der Waals surface area contributed by atoms with Crippen LogP contribution in [0, 0.1) is 39.9 Å². The predicted octanol–water partition coefficient (Wildman–Crippen LogP) is 1.88. The van der Waals surface area contributed by atoms with E-state index in [1.165, 1.54) is 12.1 Å². The summed E-state index contributed by atoms with van der Waals surface area (Å²) in [6.45, 7) is 0. The maximum atomic E-state index is 9.82. The Kier molecular flexibility index (Phi) is 3.39. The number of phenolic OH excluding ortho intramolecular Hbond substituents is 1. The van der Waals surface area contributed by atoms with Crippen LogP contribution in [0.15, 0.2) is 23.6 Å². The van der Waals surface area contributed by atoms with Crippen LogP contribution in [0.1, 0.15) is 11.5 Å². The highest BCUT2D eigenvalue weighted by molar-refractivity contribution is 6.30. The molecule has 1 aromatic rings. The molecule has 0 fully saturated rings. The molecular weight excluding hydrogens is 280 g/mol. The summed E-state index contributed by atoms with van der Waals surface area (Å²) in [6, 6.07) is 8.13. The largest absolute Gasteiger partial charge is 0.504 e. The Morgan fingerprint density at radius 1 is 1.30 bits per heavy atom. The smallest absolute Gasteiger partial charge is 0.205 e. The lowest BCUT2D eigenvalue weighted by Crippen LogP contribution is -2.24. The molecule has 0 saturated heterocycles. The lowest BCUT2D eigenvalue weighted by molar-refractivity contribution is 0.351. The van der Waals surface area contributed by atoms with Crippen LogP contribution in [0.5, 0.6) is 11.5 Å². The Hall–Kier alpha value is -2.88. The molecule has 6 nitrogen and oxygen atoms in total. The maximum Gasteiger partial charge on any atom is 0.205 e. The van der Waals surface area contributed by atoms with Gasteiger partial charge in [0.25, 0.3) is 0 Å². The number of aromatic hydroxyl groups is 1. The average Bonchev–Trinajstić information content (AvgIpc) is 2.41. The van der Waals surface area contributed by atoms with Gasteiger partial charge in [-0.1, -0.05) is 11.6 Å². The fourth-order valence-corrected chi connectivity index (χ4v) is 2.29. The van der Waals surface area contributed by atoms with Crippen molar-refractivity contribution >= 4 is 11.6 Å². The van der Waals surface area contributed by atoms with Gasteiger partial charge in [0.05, 0.1) is 23.6 Å². The molecule has 1 aliphatic heterocycles. The Morgan fingerprint density at radius 2 is 1.95 bits per heavy atom. The molecule has 1 atom stereocenters. The van der Waals surface area contributed by atoms with E-state index < -0.39 is 11.8 Å². The number of nitrogens with zero attached hydrogens (tertiary/aromatic N) is 3. The van der Waals surface area contributed by atoms with Gasteiger partial charge in [0.15, 0.2) is 11.5 Å². The second-order valence-electron chi connectivity index (χ2n) is 4.05. The number of hydrogen-bond acceptors (Lipinski definition) is 6. The number of ether oxygens (including phenoxy) is 1. The summed E-state index contributed by atoms with van der Waals surface area (Å²) < 4.78 is 5.20. The zero-order valence-corrected chi connectivity index (χ0v) is 10.7. The number of hydrogen-bond donors (Lipinski definition) is 2. The Labute approximate surface area is 119 Å². The minimum atomic E-state index is -1.15. The molecule has 20 heavy (non-hydrogen) atoms. The van der Waals surface area contributed by atoms with Crippen molar-refractivity contribution in [3.05, 3.63) is 34.2 Å². The van der Waals surface area contributed by atoms with Gasteiger partial charge in [-0.25, -0.2) is 0 Å². The van der Waals surface area contributed by atoms with E-state index in [-0.39, 0.29) is 33.5 Å². The molecule has 1 heterocycles. The normalized spacial score (nSPS) is 16.6. The number of nitriles is 3. The highest BCUT2D eigenvalue weighted by Gasteiger charge is 2.37. The fraction of sp³-hybridized carbons (Fsp3) is 0.154. The van der Waals surface area contributed by atoms with E-state index >= 15 is 0 Å². The van der Waals surface area contributed by atoms with Crippen LogP contribution >= 0.6 is 11.6 Å². The average molecular weight is 287 g/mol.